The second-order valence-corrected chi connectivity index (χ2v) is 8.23. The molecule has 2 aliphatic rings. The SMILES string of the molecule is [Si]O[Si](O[Si])(c1cccc2c1O2)c1cccc2c1O2. The van der Waals surface area contributed by atoms with Gasteiger partial charge in [-0.3, -0.25) is 0 Å². The van der Waals surface area contributed by atoms with Crippen molar-refractivity contribution >= 4 is 39.9 Å². The van der Waals surface area contributed by atoms with Crippen LogP contribution in [0.2, 0.25) is 0 Å². The molecule has 0 aliphatic carbocycles. The van der Waals surface area contributed by atoms with Crippen molar-refractivity contribution in [2.24, 2.45) is 0 Å². The molecule has 0 saturated carbocycles. The summed E-state index contributed by atoms with van der Waals surface area (Å²) >= 11 is 0. The molecule has 4 nitrogen and oxygen atoms in total. The molecule has 4 rings (SSSR count). The molecule has 0 saturated heterocycles. The molecule has 2 aliphatic heterocycles. The largest absolute Gasteiger partial charge is 0.449 e. The van der Waals surface area contributed by atoms with E-state index in [1.165, 1.54) is 0 Å². The van der Waals surface area contributed by atoms with Crippen LogP contribution in [0.25, 0.3) is 0 Å². The first-order valence-corrected chi connectivity index (χ1v) is 8.25. The molecule has 2 aromatic rings. The maximum absolute atomic E-state index is 5.60. The second kappa shape index (κ2) is 3.81. The topological polar surface area (TPSA) is 43.5 Å². The molecule has 0 atom stereocenters. The van der Waals surface area contributed by atoms with Gasteiger partial charge in [0, 0.05) is 10.4 Å². The van der Waals surface area contributed by atoms with Gasteiger partial charge in [0.05, 0.1) is 0 Å². The average molecular weight is 298 g/mol. The highest BCUT2D eigenvalue weighted by atomic mass is 28.4. The third-order valence-electron chi connectivity index (χ3n) is 3.30. The summed E-state index contributed by atoms with van der Waals surface area (Å²) in [6, 6.07) is 11.5. The van der Waals surface area contributed by atoms with Crippen LogP contribution in [0, 0.1) is 0 Å². The van der Waals surface area contributed by atoms with Gasteiger partial charge in [-0.2, -0.15) is 0 Å². The van der Waals surface area contributed by atoms with Crippen LogP contribution in [0.5, 0.6) is 23.0 Å². The number of hydrogen-bond donors (Lipinski definition) is 0. The molecule has 0 N–H and O–H groups in total. The number of para-hydroxylation sites is 2. The highest BCUT2D eigenvalue weighted by molar-refractivity contribution is 6.97. The Bertz CT molecular complexity index is 629. The molecule has 2 heterocycles. The second-order valence-electron chi connectivity index (χ2n) is 4.29. The van der Waals surface area contributed by atoms with Gasteiger partial charge in [-0.1, -0.05) is 24.3 Å². The van der Waals surface area contributed by atoms with Gasteiger partial charge < -0.3 is 17.7 Å². The average Bonchev–Trinajstić information content (AvgIpc) is 3.34. The Hall–Kier alpha value is -1.39. The zero-order valence-electron chi connectivity index (χ0n) is 9.60. The predicted molar refractivity (Wildman–Crippen MR) is 71.7 cm³/mol. The fourth-order valence-electron chi connectivity index (χ4n) is 2.28. The molecule has 90 valence electrons. The molecule has 2 aromatic carbocycles. The lowest BCUT2D eigenvalue weighted by molar-refractivity contribution is 0.464. The monoisotopic (exact) mass is 298 g/mol. The number of hydrogen-bond acceptors (Lipinski definition) is 4. The summed E-state index contributed by atoms with van der Waals surface area (Å²) < 4.78 is 22.1. The Morgan fingerprint density at radius 1 is 0.789 bits per heavy atom. The maximum Gasteiger partial charge on any atom is 0.393 e. The Kier molecular flexibility index (Phi) is 2.29. The first kappa shape index (κ1) is 11.4. The van der Waals surface area contributed by atoms with E-state index in [0.29, 0.717) is 0 Å². The van der Waals surface area contributed by atoms with Gasteiger partial charge >= 0.3 is 8.56 Å². The lowest BCUT2D eigenvalue weighted by Gasteiger charge is -2.26. The van der Waals surface area contributed by atoms with Crippen LogP contribution in [0.4, 0.5) is 0 Å². The van der Waals surface area contributed by atoms with E-state index in [4.69, 9.17) is 17.7 Å². The minimum atomic E-state index is -2.90. The third-order valence-corrected chi connectivity index (χ3v) is 7.80. The van der Waals surface area contributed by atoms with Gasteiger partial charge in [-0.15, -0.1) is 0 Å². The van der Waals surface area contributed by atoms with Gasteiger partial charge in [-0.05, 0) is 12.1 Å². The maximum atomic E-state index is 5.60. The lowest BCUT2D eigenvalue weighted by atomic mass is 10.4. The van der Waals surface area contributed by atoms with Crippen molar-refractivity contribution in [3.63, 3.8) is 0 Å². The molecular weight excluding hydrogens is 292 g/mol. The molecule has 6 radical (unpaired) electrons. The van der Waals surface area contributed by atoms with E-state index >= 15 is 0 Å². The molecule has 19 heavy (non-hydrogen) atoms. The number of ether oxygens (including phenoxy) is 2. The summed E-state index contributed by atoms with van der Waals surface area (Å²) in [5.41, 5.74) is 0. The van der Waals surface area contributed by atoms with E-state index in [2.05, 4.69) is 21.0 Å². The molecule has 7 heteroatoms. The van der Waals surface area contributed by atoms with E-state index in [-0.39, 0.29) is 0 Å². The highest BCUT2D eigenvalue weighted by Gasteiger charge is 2.50. The highest BCUT2D eigenvalue weighted by Crippen LogP contribution is 2.47. The number of rotatable bonds is 4. The Balaban J connectivity index is 1.93. The Morgan fingerprint density at radius 3 is 1.68 bits per heavy atom. The van der Waals surface area contributed by atoms with Crippen molar-refractivity contribution in [3.8, 4) is 23.0 Å². The van der Waals surface area contributed by atoms with E-state index in [0.717, 1.165) is 33.4 Å². The van der Waals surface area contributed by atoms with Crippen molar-refractivity contribution in [1.29, 1.82) is 0 Å². The van der Waals surface area contributed by atoms with E-state index in [1.807, 2.05) is 36.4 Å². The van der Waals surface area contributed by atoms with E-state index in [1.54, 1.807) is 0 Å². The van der Waals surface area contributed by atoms with Crippen molar-refractivity contribution in [3.05, 3.63) is 36.4 Å². The fourth-order valence-corrected chi connectivity index (χ4v) is 6.45. The van der Waals surface area contributed by atoms with Gasteiger partial charge in [-0.25, -0.2) is 0 Å². The number of benzene rings is 2. The zero-order chi connectivity index (χ0) is 13.0. The summed E-state index contributed by atoms with van der Waals surface area (Å²) in [6.45, 7) is 0. The molecule has 0 amide bonds. The zero-order valence-corrected chi connectivity index (χ0v) is 12.6. The predicted octanol–water partition coefficient (Wildman–Crippen LogP) is 0.655. The van der Waals surface area contributed by atoms with Gasteiger partial charge in [0.1, 0.15) is 0 Å². The van der Waals surface area contributed by atoms with Crippen LogP contribution in [0.1, 0.15) is 0 Å². The lowest BCUT2D eigenvalue weighted by Crippen LogP contribution is -2.62. The van der Waals surface area contributed by atoms with Crippen molar-refractivity contribution in [2.75, 3.05) is 0 Å². The van der Waals surface area contributed by atoms with Crippen LogP contribution in [0.15, 0.2) is 36.4 Å². The molecule has 0 spiro atoms. The molecule has 0 unspecified atom stereocenters. The first-order chi connectivity index (χ1) is 9.30. The summed E-state index contributed by atoms with van der Waals surface area (Å²) in [6.07, 6.45) is 0. The van der Waals surface area contributed by atoms with E-state index < -0.39 is 8.56 Å². The quantitative estimate of drug-likeness (QED) is 0.410. The third kappa shape index (κ3) is 1.50. The summed E-state index contributed by atoms with van der Waals surface area (Å²) in [4.78, 5) is 0. The minimum Gasteiger partial charge on any atom is -0.449 e. The van der Waals surface area contributed by atoms with Crippen LogP contribution in [-0.4, -0.2) is 29.5 Å². The van der Waals surface area contributed by atoms with Gasteiger partial charge in [0.2, 0.25) is 21.0 Å². The number of fused-ring (bicyclic) bond motifs is 2. The van der Waals surface area contributed by atoms with Crippen molar-refractivity contribution in [2.45, 2.75) is 0 Å². The van der Waals surface area contributed by atoms with Crippen LogP contribution in [-0.2, 0) is 8.23 Å². The molecular formula is C12H6O4Si3. The Labute approximate surface area is 117 Å². The van der Waals surface area contributed by atoms with Crippen LogP contribution in [0.3, 0.4) is 0 Å². The Morgan fingerprint density at radius 2 is 1.26 bits per heavy atom. The van der Waals surface area contributed by atoms with Gasteiger partial charge in [0.25, 0.3) is 0 Å². The normalized spacial score (nSPS) is 14.0. The molecule has 0 fully saturated rings. The standard InChI is InChI=1S/C12H6O4Si3/c17-15-19(16-18,9-5-1-3-7-11(9)13-7)10-6-2-4-8-12(10)14-8/h1-6H. The van der Waals surface area contributed by atoms with Crippen LogP contribution < -0.4 is 19.8 Å². The molecule has 0 aromatic heterocycles. The fraction of sp³-hybridized carbons (Fsp3) is 0. The summed E-state index contributed by atoms with van der Waals surface area (Å²) in [7, 11) is 3.44. The first-order valence-electron chi connectivity index (χ1n) is 5.62. The van der Waals surface area contributed by atoms with Gasteiger partial charge in [0.15, 0.2) is 23.0 Å². The minimum absolute atomic E-state index is 0.823. The van der Waals surface area contributed by atoms with Crippen LogP contribution >= 0.6 is 0 Å². The smallest absolute Gasteiger partial charge is 0.393 e. The van der Waals surface area contributed by atoms with Crippen molar-refractivity contribution < 1.29 is 17.7 Å². The summed E-state index contributed by atoms with van der Waals surface area (Å²) in [5, 5.41) is 1.80. The summed E-state index contributed by atoms with van der Waals surface area (Å²) in [5.74, 6) is 3.37. The molecule has 0 bridgehead atoms. The van der Waals surface area contributed by atoms with E-state index in [9.17, 15) is 0 Å². The van der Waals surface area contributed by atoms with Crippen molar-refractivity contribution in [1.82, 2.24) is 0 Å².